The molecule has 3 aromatic carbocycles. The molecule has 2 atom stereocenters. The standard InChI is InChI=1S/C36H43NO10S/c1-6-16-46-34-31(45-17-10-15-37-35(38)25-11-8-9-12-26(25)36(37)39)21-24(22-32(34)48(40,41)18-7-2)28-14-13-27(47-28)23-19-29(42-3)33(44-5)30(20-23)43-4/h8-9,11-12,19-22,27-28H,6-7,10,13-18H2,1-5H3/t27-,28-/m1/s1. The molecule has 1 fully saturated rings. The lowest BCUT2D eigenvalue weighted by Gasteiger charge is -2.21. The van der Waals surface area contributed by atoms with Crippen LogP contribution in [0.25, 0.3) is 0 Å². The van der Waals surface area contributed by atoms with Gasteiger partial charge in [-0.05, 0) is 79.6 Å². The minimum absolute atomic E-state index is 0.0578. The molecular weight excluding hydrogens is 638 g/mol. The van der Waals surface area contributed by atoms with Crippen LogP contribution in [0.2, 0.25) is 0 Å². The maximum atomic E-state index is 13.6. The number of ether oxygens (including phenoxy) is 6. The molecule has 0 unspecified atom stereocenters. The predicted molar refractivity (Wildman–Crippen MR) is 178 cm³/mol. The SMILES string of the molecule is CCCOc1c(OCCCN2C(=O)c3ccccc3C2=O)cc([C@H]2CC[C@H](c3cc(OC)c(OC)c(OC)c3)O2)cc1S(=O)(=O)CCC. The fourth-order valence-corrected chi connectivity index (χ4v) is 7.62. The first-order valence-electron chi connectivity index (χ1n) is 16.2. The van der Waals surface area contributed by atoms with Crippen molar-refractivity contribution in [3.05, 3.63) is 70.8 Å². The Morgan fingerprint density at radius 3 is 1.88 bits per heavy atom. The maximum Gasteiger partial charge on any atom is 0.261 e. The lowest BCUT2D eigenvalue weighted by molar-refractivity contribution is 0.0434. The minimum atomic E-state index is -3.73. The molecule has 0 bridgehead atoms. The number of sulfone groups is 1. The zero-order chi connectivity index (χ0) is 34.4. The number of methoxy groups -OCH3 is 3. The average molecular weight is 682 g/mol. The Labute approximate surface area is 281 Å². The van der Waals surface area contributed by atoms with Crippen molar-refractivity contribution in [2.45, 2.75) is 63.1 Å². The van der Waals surface area contributed by atoms with Gasteiger partial charge in [0.1, 0.15) is 4.90 Å². The summed E-state index contributed by atoms with van der Waals surface area (Å²) < 4.78 is 62.5. The van der Waals surface area contributed by atoms with E-state index in [-0.39, 0.29) is 53.2 Å². The zero-order valence-corrected chi connectivity index (χ0v) is 28.9. The van der Waals surface area contributed by atoms with Crippen LogP contribution < -0.4 is 23.7 Å². The smallest absolute Gasteiger partial charge is 0.261 e. The van der Waals surface area contributed by atoms with E-state index in [9.17, 15) is 18.0 Å². The van der Waals surface area contributed by atoms with Gasteiger partial charge in [0.25, 0.3) is 11.8 Å². The highest BCUT2D eigenvalue weighted by molar-refractivity contribution is 7.91. The van der Waals surface area contributed by atoms with E-state index in [4.69, 9.17) is 28.4 Å². The molecule has 0 aromatic heterocycles. The van der Waals surface area contributed by atoms with E-state index >= 15 is 0 Å². The highest BCUT2D eigenvalue weighted by Crippen LogP contribution is 2.48. The zero-order valence-electron chi connectivity index (χ0n) is 28.1. The van der Waals surface area contributed by atoms with Crippen molar-refractivity contribution in [1.29, 1.82) is 0 Å². The third kappa shape index (κ3) is 7.09. The molecule has 12 heteroatoms. The summed E-state index contributed by atoms with van der Waals surface area (Å²) >= 11 is 0. The van der Waals surface area contributed by atoms with Crippen LogP contribution in [0.5, 0.6) is 28.7 Å². The van der Waals surface area contributed by atoms with E-state index in [0.717, 1.165) is 5.56 Å². The number of rotatable bonds is 16. The molecule has 0 N–H and O–H groups in total. The second kappa shape index (κ2) is 15.3. The molecule has 2 aliphatic rings. The third-order valence-corrected chi connectivity index (χ3v) is 10.3. The van der Waals surface area contributed by atoms with Gasteiger partial charge in [-0.3, -0.25) is 14.5 Å². The van der Waals surface area contributed by atoms with Crippen LogP contribution >= 0.6 is 0 Å². The quantitative estimate of drug-likeness (QED) is 0.125. The van der Waals surface area contributed by atoms with Crippen LogP contribution in [-0.4, -0.2) is 72.0 Å². The highest BCUT2D eigenvalue weighted by atomic mass is 32.2. The first kappa shape index (κ1) is 35.0. The predicted octanol–water partition coefficient (Wildman–Crippen LogP) is 6.34. The van der Waals surface area contributed by atoms with Crippen LogP contribution in [0.4, 0.5) is 0 Å². The van der Waals surface area contributed by atoms with Gasteiger partial charge in [-0.15, -0.1) is 0 Å². The number of amides is 2. The molecular formula is C36H43NO10S. The molecule has 0 radical (unpaired) electrons. The van der Waals surface area contributed by atoms with Gasteiger partial charge in [0, 0.05) is 6.54 Å². The van der Waals surface area contributed by atoms with E-state index in [1.54, 1.807) is 57.7 Å². The van der Waals surface area contributed by atoms with Crippen LogP contribution in [0.1, 0.15) is 90.0 Å². The number of carbonyl (C=O) groups is 2. The summed E-state index contributed by atoms with van der Waals surface area (Å²) in [5.41, 5.74) is 2.27. The number of hydrogen-bond donors (Lipinski definition) is 0. The van der Waals surface area contributed by atoms with Crippen molar-refractivity contribution in [2.24, 2.45) is 0 Å². The van der Waals surface area contributed by atoms with Gasteiger partial charge in [0.05, 0.1) is 63.6 Å². The summed E-state index contributed by atoms with van der Waals surface area (Å²) in [6, 6.07) is 13.9. The Bertz CT molecular complexity index is 1700. The van der Waals surface area contributed by atoms with Gasteiger partial charge in [0.15, 0.2) is 32.8 Å². The molecule has 0 spiro atoms. The number of hydrogen-bond acceptors (Lipinski definition) is 10. The van der Waals surface area contributed by atoms with Gasteiger partial charge >= 0.3 is 0 Å². The molecule has 258 valence electrons. The van der Waals surface area contributed by atoms with Crippen molar-refractivity contribution >= 4 is 21.7 Å². The maximum absolute atomic E-state index is 13.6. The monoisotopic (exact) mass is 681 g/mol. The summed E-state index contributed by atoms with van der Waals surface area (Å²) in [7, 11) is 0.928. The first-order chi connectivity index (χ1) is 23.2. The van der Waals surface area contributed by atoms with Crippen molar-refractivity contribution in [3.8, 4) is 28.7 Å². The van der Waals surface area contributed by atoms with Crippen LogP contribution in [0.3, 0.4) is 0 Å². The van der Waals surface area contributed by atoms with Crippen molar-refractivity contribution < 1.29 is 46.4 Å². The Hall–Kier alpha value is -4.29. The van der Waals surface area contributed by atoms with E-state index in [1.165, 1.54) is 4.90 Å². The topological polar surface area (TPSA) is 127 Å². The van der Waals surface area contributed by atoms with Crippen molar-refractivity contribution in [1.82, 2.24) is 4.90 Å². The van der Waals surface area contributed by atoms with Crippen LogP contribution in [0.15, 0.2) is 53.4 Å². The van der Waals surface area contributed by atoms with Gasteiger partial charge in [-0.1, -0.05) is 26.0 Å². The Kier molecular flexibility index (Phi) is 11.2. The second-order valence-corrected chi connectivity index (χ2v) is 13.8. The van der Waals surface area contributed by atoms with Crippen molar-refractivity contribution in [2.75, 3.05) is 46.8 Å². The van der Waals surface area contributed by atoms with Crippen LogP contribution in [0, 0.1) is 0 Å². The van der Waals surface area contributed by atoms with E-state index in [1.807, 2.05) is 26.0 Å². The Morgan fingerprint density at radius 2 is 1.33 bits per heavy atom. The fraction of sp³-hybridized carbons (Fsp3) is 0.444. The summed E-state index contributed by atoms with van der Waals surface area (Å²) in [5.74, 6) is 1.22. The normalized spacial score (nSPS) is 17.4. The Morgan fingerprint density at radius 1 is 0.750 bits per heavy atom. The number of fused-ring (bicyclic) bond motifs is 1. The van der Waals surface area contributed by atoms with Gasteiger partial charge in [0.2, 0.25) is 5.75 Å². The molecule has 0 aliphatic carbocycles. The molecule has 2 amide bonds. The van der Waals surface area contributed by atoms with E-state index in [0.29, 0.717) is 72.6 Å². The fourth-order valence-electron chi connectivity index (χ4n) is 6.11. The lowest BCUT2D eigenvalue weighted by Crippen LogP contribution is -2.31. The first-order valence-corrected chi connectivity index (χ1v) is 17.9. The third-order valence-electron chi connectivity index (χ3n) is 8.41. The van der Waals surface area contributed by atoms with Crippen molar-refractivity contribution in [3.63, 3.8) is 0 Å². The summed E-state index contributed by atoms with van der Waals surface area (Å²) in [4.78, 5) is 26.9. The number of nitrogens with zero attached hydrogens (tertiary/aromatic N) is 1. The average Bonchev–Trinajstić information content (AvgIpc) is 3.68. The largest absolute Gasteiger partial charge is 0.493 e. The molecule has 3 aromatic rings. The van der Waals surface area contributed by atoms with Gasteiger partial charge in [-0.25, -0.2) is 8.42 Å². The number of carbonyl (C=O) groups excluding carboxylic acids is 2. The van der Waals surface area contributed by atoms with Gasteiger partial charge in [-0.2, -0.15) is 0 Å². The molecule has 5 rings (SSSR count). The number of imide groups is 1. The molecule has 2 heterocycles. The number of benzene rings is 3. The molecule has 1 saturated heterocycles. The molecule has 2 aliphatic heterocycles. The van der Waals surface area contributed by atoms with E-state index in [2.05, 4.69) is 0 Å². The summed E-state index contributed by atoms with van der Waals surface area (Å²) in [5, 5.41) is 0. The molecule has 0 saturated carbocycles. The molecule has 48 heavy (non-hydrogen) atoms. The molecule has 11 nitrogen and oxygen atoms in total. The lowest BCUT2D eigenvalue weighted by atomic mass is 10.0. The summed E-state index contributed by atoms with van der Waals surface area (Å²) in [6.45, 7) is 4.31. The highest BCUT2D eigenvalue weighted by Gasteiger charge is 2.35. The van der Waals surface area contributed by atoms with Crippen LogP contribution in [-0.2, 0) is 14.6 Å². The van der Waals surface area contributed by atoms with Gasteiger partial charge < -0.3 is 28.4 Å². The second-order valence-electron chi connectivity index (χ2n) is 11.7. The van der Waals surface area contributed by atoms with E-state index < -0.39 is 15.9 Å². The minimum Gasteiger partial charge on any atom is -0.493 e. The Balaban J connectivity index is 1.41. The summed E-state index contributed by atoms with van der Waals surface area (Å²) in [6.07, 6.45) is 2.00.